The van der Waals surface area contributed by atoms with Crippen LogP contribution in [-0.2, 0) is 41.6 Å². The Balaban J connectivity index is 1.17. The third-order valence-corrected chi connectivity index (χ3v) is 8.44. The SMILES string of the molecule is COc1ccc(CC(=O)Nc2ccc(C(=O)N(CC(=O)O)Cc3ccc(CCc4ccc(-c5ccc(C)cc5)cc4)cc3)cc2)c(C(F)(F)F)c1. The molecule has 5 aromatic carbocycles. The number of alkyl halides is 3. The first-order valence-electron chi connectivity index (χ1n) is 16.3. The van der Waals surface area contributed by atoms with Crippen molar-refractivity contribution in [1.82, 2.24) is 4.90 Å². The highest BCUT2D eigenvalue weighted by Crippen LogP contribution is 2.35. The van der Waals surface area contributed by atoms with E-state index >= 15 is 0 Å². The highest BCUT2D eigenvalue weighted by Gasteiger charge is 2.34. The number of ether oxygens (including phenoxy) is 1. The molecule has 51 heavy (non-hydrogen) atoms. The van der Waals surface area contributed by atoms with Gasteiger partial charge in [-0.1, -0.05) is 84.4 Å². The highest BCUT2D eigenvalue weighted by atomic mass is 19.4. The fourth-order valence-electron chi connectivity index (χ4n) is 5.65. The van der Waals surface area contributed by atoms with Crippen molar-refractivity contribution >= 4 is 23.5 Å². The number of hydrogen-bond acceptors (Lipinski definition) is 4. The molecule has 262 valence electrons. The fraction of sp³-hybridized carbons (Fsp3) is 0.195. The van der Waals surface area contributed by atoms with Gasteiger partial charge >= 0.3 is 12.1 Å². The van der Waals surface area contributed by atoms with Gasteiger partial charge in [-0.15, -0.1) is 0 Å². The Morgan fingerprint density at radius 1 is 0.745 bits per heavy atom. The topological polar surface area (TPSA) is 95.9 Å². The van der Waals surface area contributed by atoms with E-state index in [-0.39, 0.29) is 29.1 Å². The molecule has 0 aliphatic rings. The minimum atomic E-state index is -4.67. The molecule has 0 aliphatic heterocycles. The highest BCUT2D eigenvalue weighted by molar-refractivity contribution is 5.97. The average Bonchev–Trinajstić information content (AvgIpc) is 3.11. The Labute approximate surface area is 294 Å². The van der Waals surface area contributed by atoms with Crippen LogP contribution in [0.2, 0.25) is 0 Å². The monoisotopic (exact) mass is 694 g/mol. The Hall–Kier alpha value is -5.90. The summed E-state index contributed by atoms with van der Waals surface area (Å²) in [5.41, 5.74) is 5.92. The molecule has 10 heteroatoms. The third-order valence-electron chi connectivity index (χ3n) is 8.44. The Morgan fingerprint density at radius 2 is 1.29 bits per heavy atom. The Kier molecular flexibility index (Phi) is 11.6. The number of aliphatic carboxylic acids is 1. The van der Waals surface area contributed by atoms with E-state index in [4.69, 9.17) is 4.74 Å². The second kappa shape index (κ2) is 16.2. The molecule has 0 saturated carbocycles. The average molecular weight is 695 g/mol. The lowest BCUT2D eigenvalue weighted by atomic mass is 9.99. The Morgan fingerprint density at radius 3 is 1.84 bits per heavy atom. The number of hydrogen-bond donors (Lipinski definition) is 2. The number of aryl methyl sites for hydroxylation is 3. The number of carboxylic acid groups (broad SMARTS) is 1. The van der Waals surface area contributed by atoms with E-state index in [0.29, 0.717) is 0 Å². The van der Waals surface area contributed by atoms with Crippen LogP contribution in [0.5, 0.6) is 5.75 Å². The van der Waals surface area contributed by atoms with Crippen molar-refractivity contribution in [2.75, 3.05) is 19.0 Å². The van der Waals surface area contributed by atoms with Gasteiger partial charge in [0.05, 0.1) is 19.1 Å². The molecule has 5 aromatic rings. The summed E-state index contributed by atoms with van der Waals surface area (Å²) in [5, 5.41) is 12.1. The van der Waals surface area contributed by atoms with Crippen molar-refractivity contribution in [3.05, 3.63) is 154 Å². The number of methoxy groups -OCH3 is 1. The van der Waals surface area contributed by atoms with Crippen LogP contribution in [-0.4, -0.2) is 41.4 Å². The number of rotatable bonds is 13. The van der Waals surface area contributed by atoms with Crippen molar-refractivity contribution < 1.29 is 37.4 Å². The summed E-state index contributed by atoms with van der Waals surface area (Å²) >= 11 is 0. The predicted molar refractivity (Wildman–Crippen MR) is 190 cm³/mol. The number of nitrogens with one attached hydrogen (secondary N) is 1. The van der Waals surface area contributed by atoms with E-state index in [1.54, 1.807) is 0 Å². The molecule has 0 unspecified atom stereocenters. The number of carboxylic acids is 1. The number of anilines is 1. The van der Waals surface area contributed by atoms with Crippen molar-refractivity contribution in [2.24, 2.45) is 0 Å². The molecule has 0 bridgehead atoms. The van der Waals surface area contributed by atoms with Crippen LogP contribution in [0, 0.1) is 6.92 Å². The van der Waals surface area contributed by atoms with Crippen LogP contribution in [0.1, 0.15) is 43.7 Å². The molecule has 0 atom stereocenters. The zero-order valence-corrected chi connectivity index (χ0v) is 28.2. The maximum absolute atomic E-state index is 13.6. The van der Waals surface area contributed by atoms with E-state index in [1.807, 2.05) is 24.3 Å². The largest absolute Gasteiger partial charge is 0.497 e. The summed E-state index contributed by atoms with van der Waals surface area (Å²) in [6.07, 6.45) is -3.55. The second-order valence-electron chi connectivity index (χ2n) is 12.3. The quantitative estimate of drug-likeness (QED) is 0.129. The summed E-state index contributed by atoms with van der Waals surface area (Å²) in [6.45, 7) is 1.60. The first kappa shape index (κ1) is 36.4. The minimum absolute atomic E-state index is 0.0210. The van der Waals surface area contributed by atoms with Crippen molar-refractivity contribution in [3.8, 4) is 16.9 Å². The fourth-order valence-corrected chi connectivity index (χ4v) is 5.65. The normalized spacial score (nSPS) is 11.2. The lowest BCUT2D eigenvalue weighted by Crippen LogP contribution is -2.35. The van der Waals surface area contributed by atoms with Gasteiger partial charge in [0.1, 0.15) is 12.3 Å². The Bertz CT molecular complexity index is 1970. The van der Waals surface area contributed by atoms with Crippen molar-refractivity contribution in [2.45, 2.75) is 38.9 Å². The summed E-state index contributed by atoms with van der Waals surface area (Å²) in [5.74, 6) is -2.36. The number of carbonyl (C=O) groups is 3. The molecule has 0 spiro atoms. The van der Waals surface area contributed by atoms with Crippen molar-refractivity contribution in [3.63, 3.8) is 0 Å². The van der Waals surface area contributed by atoms with E-state index in [1.165, 1.54) is 65.1 Å². The van der Waals surface area contributed by atoms with Crippen molar-refractivity contribution in [1.29, 1.82) is 0 Å². The molecule has 2 amide bonds. The first-order valence-corrected chi connectivity index (χ1v) is 16.3. The number of carbonyl (C=O) groups excluding carboxylic acids is 2. The smallest absolute Gasteiger partial charge is 0.416 e. The van der Waals surface area contributed by atoms with Crippen LogP contribution in [0.15, 0.2) is 115 Å². The van der Waals surface area contributed by atoms with Gasteiger partial charge in [-0.05, 0) is 89.5 Å². The van der Waals surface area contributed by atoms with Gasteiger partial charge in [-0.25, -0.2) is 0 Å². The molecule has 0 aromatic heterocycles. The van der Waals surface area contributed by atoms with Gasteiger partial charge in [-0.2, -0.15) is 13.2 Å². The van der Waals surface area contributed by atoms with E-state index < -0.39 is 42.5 Å². The van der Waals surface area contributed by atoms with Crippen LogP contribution >= 0.6 is 0 Å². The maximum atomic E-state index is 13.6. The molecule has 0 aliphatic carbocycles. The van der Waals surface area contributed by atoms with Gasteiger partial charge in [-0.3, -0.25) is 14.4 Å². The summed E-state index contributed by atoms with van der Waals surface area (Å²) in [6, 6.07) is 33.8. The molecule has 0 saturated heterocycles. The zero-order chi connectivity index (χ0) is 36.5. The van der Waals surface area contributed by atoms with Crippen LogP contribution in [0.3, 0.4) is 0 Å². The molecule has 0 radical (unpaired) electrons. The summed E-state index contributed by atoms with van der Waals surface area (Å²) < 4.78 is 45.5. The summed E-state index contributed by atoms with van der Waals surface area (Å²) in [4.78, 5) is 38.8. The van der Waals surface area contributed by atoms with Gasteiger partial charge in [0.2, 0.25) is 5.91 Å². The molecule has 0 fully saturated rings. The second-order valence-corrected chi connectivity index (χ2v) is 12.3. The minimum Gasteiger partial charge on any atom is -0.497 e. The molecular weight excluding hydrogens is 657 g/mol. The van der Waals surface area contributed by atoms with E-state index in [0.717, 1.165) is 35.6 Å². The van der Waals surface area contributed by atoms with Crippen LogP contribution < -0.4 is 10.1 Å². The lowest BCUT2D eigenvalue weighted by molar-refractivity contribution is -0.139. The molecule has 0 heterocycles. The van der Waals surface area contributed by atoms with Gasteiger partial charge in [0.15, 0.2) is 0 Å². The molecular formula is C41H37F3N2O5. The van der Waals surface area contributed by atoms with E-state index in [2.05, 4.69) is 60.8 Å². The number of halogens is 3. The number of benzene rings is 5. The zero-order valence-electron chi connectivity index (χ0n) is 28.2. The molecule has 2 N–H and O–H groups in total. The summed E-state index contributed by atoms with van der Waals surface area (Å²) in [7, 11) is 1.25. The van der Waals surface area contributed by atoms with Gasteiger partial charge in [0.25, 0.3) is 5.91 Å². The molecule has 5 rings (SSSR count). The first-order chi connectivity index (χ1) is 24.4. The maximum Gasteiger partial charge on any atom is 0.416 e. The van der Waals surface area contributed by atoms with E-state index in [9.17, 15) is 32.7 Å². The molecule has 7 nitrogen and oxygen atoms in total. The lowest BCUT2D eigenvalue weighted by Gasteiger charge is -2.21. The number of amides is 2. The number of nitrogens with zero attached hydrogens (tertiary/aromatic N) is 1. The van der Waals surface area contributed by atoms with Gasteiger partial charge in [0, 0.05) is 17.8 Å². The predicted octanol–water partition coefficient (Wildman–Crippen LogP) is 8.38. The third kappa shape index (κ3) is 10.1. The standard InChI is InChI=1S/C41H37F3N2O5/c1-27-3-13-31(14-4-27)32-15-11-29(12-16-32)6-5-28-7-9-30(10-8-28)25-46(26-39(48)49)40(50)33-17-20-35(21-18-33)45-38(47)23-34-19-22-36(51-2)24-37(34)41(42,43)44/h3-4,7-22,24H,5-6,23,25-26H2,1-2H3,(H,45,47)(H,48,49). The van der Waals surface area contributed by atoms with Crippen LogP contribution in [0.25, 0.3) is 11.1 Å². The van der Waals surface area contributed by atoms with Gasteiger partial charge < -0.3 is 20.1 Å². The van der Waals surface area contributed by atoms with Crippen LogP contribution in [0.4, 0.5) is 18.9 Å².